The van der Waals surface area contributed by atoms with Gasteiger partial charge in [-0.2, -0.15) is 0 Å². The van der Waals surface area contributed by atoms with Gasteiger partial charge in [-0.15, -0.1) is 11.8 Å². The van der Waals surface area contributed by atoms with E-state index in [1.165, 1.54) is 40.0 Å². The van der Waals surface area contributed by atoms with Crippen molar-refractivity contribution >= 4 is 11.8 Å². The lowest BCUT2D eigenvalue weighted by Gasteiger charge is -2.33. The van der Waals surface area contributed by atoms with E-state index in [0.29, 0.717) is 6.73 Å². The Morgan fingerprint density at radius 3 is 2.65 bits per heavy atom. The van der Waals surface area contributed by atoms with Crippen LogP contribution in [0.15, 0.2) is 76.0 Å². The number of hydrogen-bond donors (Lipinski definition) is 0. The number of fused-ring (bicyclic) bond motifs is 1. The molecule has 0 saturated carbocycles. The Bertz CT molecular complexity index is 904. The Kier molecular flexibility index (Phi) is 9.23. The van der Waals surface area contributed by atoms with Crippen molar-refractivity contribution in [3.8, 4) is 0 Å². The summed E-state index contributed by atoms with van der Waals surface area (Å²) in [6.45, 7) is 11.3. The van der Waals surface area contributed by atoms with E-state index in [-0.39, 0.29) is 0 Å². The molecule has 166 valence electrons. The van der Waals surface area contributed by atoms with Crippen LogP contribution in [0, 0.1) is 0 Å². The van der Waals surface area contributed by atoms with Crippen LogP contribution < -0.4 is 0 Å². The normalized spacial score (nSPS) is 18.7. The van der Waals surface area contributed by atoms with E-state index in [9.17, 15) is 0 Å². The maximum atomic E-state index is 6.29. The zero-order valence-electron chi connectivity index (χ0n) is 19.5. The lowest BCUT2D eigenvalue weighted by atomic mass is 9.90. The topological polar surface area (TPSA) is 25.4 Å². The highest BCUT2D eigenvalue weighted by atomic mass is 32.2. The fourth-order valence-corrected chi connectivity index (χ4v) is 5.00. The van der Waals surface area contributed by atoms with E-state index in [2.05, 4.69) is 61.2 Å². The van der Waals surface area contributed by atoms with Crippen LogP contribution in [0.2, 0.25) is 0 Å². The molecule has 3 nitrogen and oxygen atoms in total. The molecule has 4 rings (SSSR count). The van der Waals surface area contributed by atoms with Crippen molar-refractivity contribution in [1.29, 1.82) is 0 Å². The summed E-state index contributed by atoms with van der Waals surface area (Å²) in [7, 11) is 0. The largest absolute Gasteiger partial charge is 0.482 e. The highest BCUT2D eigenvalue weighted by Gasteiger charge is 2.26. The summed E-state index contributed by atoms with van der Waals surface area (Å²) in [5, 5.41) is 0. The van der Waals surface area contributed by atoms with Crippen LogP contribution in [-0.4, -0.2) is 35.5 Å². The van der Waals surface area contributed by atoms with E-state index in [1.54, 1.807) is 0 Å². The van der Waals surface area contributed by atoms with Gasteiger partial charge in [0.05, 0.1) is 5.69 Å². The molecule has 1 aromatic heterocycles. The molecule has 0 N–H and O–H groups in total. The summed E-state index contributed by atoms with van der Waals surface area (Å²) < 4.78 is 6.29. The second-order valence-electron chi connectivity index (χ2n) is 7.87. The van der Waals surface area contributed by atoms with Crippen LogP contribution in [-0.2, 0) is 17.6 Å². The zero-order chi connectivity index (χ0) is 22.1. The lowest BCUT2D eigenvalue weighted by Crippen LogP contribution is -2.35. The van der Waals surface area contributed by atoms with Gasteiger partial charge in [-0.1, -0.05) is 57.0 Å². The first-order valence-corrected chi connectivity index (χ1v) is 12.6. The number of aromatic nitrogens is 1. The Labute approximate surface area is 192 Å². The minimum Gasteiger partial charge on any atom is -0.482 e. The van der Waals surface area contributed by atoms with Crippen molar-refractivity contribution in [3.63, 3.8) is 0 Å². The number of rotatable bonds is 6. The smallest absolute Gasteiger partial charge is 0.141 e. The third-order valence-corrected chi connectivity index (χ3v) is 6.92. The van der Waals surface area contributed by atoms with Crippen LogP contribution in [0.3, 0.4) is 0 Å². The van der Waals surface area contributed by atoms with E-state index >= 15 is 0 Å². The Hall–Kier alpha value is -2.04. The number of nitrogens with zero attached hydrogens (tertiary/aromatic N) is 2. The molecule has 1 aromatic carbocycles. The predicted molar refractivity (Wildman–Crippen MR) is 132 cm³/mol. The van der Waals surface area contributed by atoms with Crippen LogP contribution in [0.25, 0.3) is 0 Å². The minimum atomic E-state index is 0.697. The first-order valence-electron chi connectivity index (χ1n) is 11.6. The Balaban J connectivity index is 0.00000132. The molecule has 2 heterocycles. The summed E-state index contributed by atoms with van der Waals surface area (Å²) in [5.41, 5.74) is 6.78. The van der Waals surface area contributed by atoms with E-state index in [0.717, 1.165) is 43.1 Å². The maximum absolute atomic E-state index is 6.29. The molecule has 2 aliphatic rings. The standard InChI is InChI=1S/C25H30N2OS.C2H6/c1-3-4-13-27-16-23-19(2)21(17-29-22-10-6-5-7-11-22)14-20-9-8-12-26-24(20)15-25(23)28-18-27;1-2/h5-12H,3-4,13-18H2,1-2H3;1-2H3/b21-19+;. The molecule has 4 heteroatoms. The molecular weight excluding hydrogens is 400 g/mol. The molecule has 0 spiro atoms. The van der Waals surface area contributed by atoms with E-state index in [4.69, 9.17) is 9.72 Å². The molecule has 31 heavy (non-hydrogen) atoms. The van der Waals surface area contributed by atoms with Crippen LogP contribution in [0.4, 0.5) is 0 Å². The predicted octanol–water partition coefficient (Wildman–Crippen LogP) is 6.66. The number of unbranched alkanes of at least 4 members (excludes halogenated alkanes) is 1. The van der Waals surface area contributed by atoms with Gasteiger partial charge in [0.25, 0.3) is 0 Å². The molecule has 1 aliphatic heterocycles. The summed E-state index contributed by atoms with van der Waals surface area (Å²) in [5.74, 6) is 2.12. The third-order valence-electron chi connectivity index (χ3n) is 5.82. The van der Waals surface area contributed by atoms with Crippen LogP contribution >= 0.6 is 11.8 Å². The average molecular weight is 437 g/mol. The molecule has 1 aliphatic carbocycles. The van der Waals surface area contributed by atoms with Gasteiger partial charge >= 0.3 is 0 Å². The molecule has 0 saturated heterocycles. The number of ether oxygens (including phenoxy) is 1. The van der Waals surface area contributed by atoms with Crippen LogP contribution in [0.5, 0.6) is 0 Å². The maximum Gasteiger partial charge on any atom is 0.141 e. The van der Waals surface area contributed by atoms with Gasteiger partial charge in [-0.3, -0.25) is 9.88 Å². The van der Waals surface area contributed by atoms with Crippen molar-refractivity contribution in [2.75, 3.05) is 25.6 Å². The molecule has 0 unspecified atom stereocenters. The monoisotopic (exact) mass is 436 g/mol. The summed E-state index contributed by atoms with van der Waals surface area (Å²) in [4.78, 5) is 8.46. The number of thioether (sulfide) groups is 1. The molecule has 0 radical (unpaired) electrons. The third kappa shape index (κ3) is 6.24. The van der Waals surface area contributed by atoms with Crippen LogP contribution in [0.1, 0.15) is 51.8 Å². The van der Waals surface area contributed by atoms with Gasteiger partial charge in [-0.05, 0) is 49.1 Å². The van der Waals surface area contributed by atoms with Crippen molar-refractivity contribution in [1.82, 2.24) is 9.88 Å². The quantitative estimate of drug-likeness (QED) is 0.473. The van der Waals surface area contributed by atoms with E-state index in [1.807, 2.05) is 31.8 Å². The minimum absolute atomic E-state index is 0.697. The van der Waals surface area contributed by atoms with Crippen molar-refractivity contribution in [2.24, 2.45) is 0 Å². The molecule has 0 atom stereocenters. The number of hydrogen-bond acceptors (Lipinski definition) is 4. The highest BCUT2D eigenvalue weighted by molar-refractivity contribution is 7.99. The molecule has 2 aromatic rings. The van der Waals surface area contributed by atoms with Gasteiger partial charge < -0.3 is 4.74 Å². The van der Waals surface area contributed by atoms with Gasteiger partial charge in [-0.25, -0.2) is 0 Å². The van der Waals surface area contributed by atoms with Gasteiger partial charge in [0, 0.05) is 41.9 Å². The van der Waals surface area contributed by atoms with Crippen molar-refractivity contribution in [3.05, 3.63) is 82.4 Å². The highest BCUT2D eigenvalue weighted by Crippen LogP contribution is 2.33. The molecular formula is C27H36N2OS. The average Bonchev–Trinajstić information content (AvgIpc) is 2.82. The fourth-order valence-electron chi connectivity index (χ4n) is 3.99. The second-order valence-corrected chi connectivity index (χ2v) is 8.92. The summed E-state index contributed by atoms with van der Waals surface area (Å²) in [6, 6.07) is 15.0. The molecule has 0 amide bonds. The summed E-state index contributed by atoms with van der Waals surface area (Å²) in [6.07, 6.45) is 6.12. The summed E-state index contributed by atoms with van der Waals surface area (Å²) >= 11 is 1.92. The van der Waals surface area contributed by atoms with Gasteiger partial charge in [0.15, 0.2) is 0 Å². The Morgan fingerprint density at radius 1 is 1.06 bits per heavy atom. The van der Waals surface area contributed by atoms with Gasteiger partial charge in [0.2, 0.25) is 0 Å². The lowest BCUT2D eigenvalue weighted by molar-refractivity contribution is 0.0533. The Morgan fingerprint density at radius 2 is 1.87 bits per heavy atom. The zero-order valence-corrected chi connectivity index (χ0v) is 20.3. The number of pyridine rings is 1. The molecule has 0 fully saturated rings. The first-order chi connectivity index (χ1) is 15.2. The number of allylic oxidation sites excluding steroid dienone is 1. The molecule has 0 bridgehead atoms. The van der Waals surface area contributed by atoms with Gasteiger partial charge in [0.1, 0.15) is 12.5 Å². The first kappa shape index (κ1) is 23.6. The van der Waals surface area contributed by atoms with E-state index < -0.39 is 0 Å². The second kappa shape index (κ2) is 12.1. The number of benzene rings is 1. The fraction of sp³-hybridized carbons (Fsp3) is 0.444. The van der Waals surface area contributed by atoms with Crippen molar-refractivity contribution < 1.29 is 4.74 Å². The van der Waals surface area contributed by atoms with Crippen molar-refractivity contribution in [2.45, 2.75) is 58.3 Å². The SMILES string of the molecule is CC.CCCCN1COC2=C(C1)/C(C)=C(/CSc1ccccc1)Cc1cccnc1C2.